The molecule has 2 N–H and O–H groups in total. The molecule has 0 saturated carbocycles. The van der Waals surface area contributed by atoms with Crippen LogP contribution in [0.4, 0.5) is 5.69 Å². The third-order valence-corrected chi connectivity index (χ3v) is 2.64. The fourth-order valence-corrected chi connectivity index (χ4v) is 1.75. The molecule has 0 radical (unpaired) electrons. The van der Waals surface area contributed by atoms with E-state index in [1.165, 1.54) is 0 Å². The van der Waals surface area contributed by atoms with E-state index in [1.54, 1.807) is 30.6 Å². The van der Waals surface area contributed by atoms with Crippen LogP contribution in [0, 0.1) is 0 Å². The quantitative estimate of drug-likeness (QED) is 0.825. The van der Waals surface area contributed by atoms with Crippen molar-refractivity contribution in [3.05, 3.63) is 46.7 Å². The van der Waals surface area contributed by atoms with Crippen molar-refractivity contribution < 1.29 is 0 Å². The van der Waals surface area contributed by atoms with Crippen LogP contribution in [0.2, 0.25) is 10.0 Å². The van der Waals surface area contributed by atoms with E-state index in [0.29, 0.717) is 15.7 Å². The van der Waals surface area contributed by atoms with Gasteiger partial charge in [0.2, 0.25) is 0 Å². The van der Waals surface area contributed by atoms with Gasteiger partial charge in [0, 0.05) is 27.4 Å². The van der Waals surface area contributed by atoms with Crippen molar-refractivity contribution >= 4 is 28.9 Å². The van der Waals surface area contributed by atoms with Crippen LogP contribution < -0.4 is 5.73 Å². The van der Waals surface area contributed by atoms with Gasteiger partial charge in [-0.3, -0.25) is 4.98 Å². The smallest absolute Gasteiger partial charge is 0.0580 e. The Balaban J connectivity index is 2.64. The second kappa shape index (κ2) is 4.09. The van der Waals surface area contributed by atoms with Gasteiger partial charge in [0.25, 0.3) is 0 Å². The third kappa shape index (κ3) is 2.06. The zero-order valence-electron chi connectivity index (χ0n) is 7.74. The first kappa shape index (κ1) is 10.3. The highest BCUT2D eigenvalue weighted by molar-refractivity contribution is 6.35. The van der Waals surface area contributed by atoms with Gasteiger partial charge in [-0.1, -0.05) is 23.2 Å². The molecule has 4 heteroatoms. The van der Waals surface area contributed by atoms with E-state index >= 15 is 0 Å². The normalized spacial score (nSPS) is 10.3. The van der Waals surface area contributed by atoms with Crippen LogP contribution in [-0.2, 0) is 0 Å². The maximum atomic E-state index is 6.07. The van der Waals surface area contributed by atoms with Gasteiger partial charge in [0.15, 0.2) is 0 Å². The van der Waals surface area contributed by atoms with Crippen molar-refractivity contribution in [1.29, 1.82) is 0 Å². The highest BCUT2D eigenvalue weighted by Crippen LogP contribution is 2.33. The van der Waals surface area contributed by atoms with Gasteiger partial charge in [0.05, 0.1) is 11.9 Å². The fourth-order valence-electron chi connectivity index (χ4n) is 1.36. The Morgan fingerprint density at radius 3 is 2.60 bits per heavy atom. The van der Waals surface area contributed by atoms with Gasteiger partial charge < -0.3 is 5.73 Å². The number of nitrogens with zero attached hydrogens (tertiary/aromatic N) is 1. The summed E-state index contributed by atoms with van der Waals surface area (Å²) in [5.41, 5.74) is 8.06. The number of rotatable bonds is 1. The van der Waals surface area contributed by atoms with Crippen LogP contribution in [-0.4, -0.2) is 4.98 Å². The van der Waals surface area contributed by atoms with Gasteiger partial charge >= 0.3 is 0 Å². The van der Waals surface area contributed by atoms with Crippen LogP contribution in [0.15, 0.2) is 36.7 Å². The molecule has 0 unspecified atom stereocenters. The predicted octanol–water partition coefficient (Wildman–Crippen LogP) is 3.64. The van der Waals surface area contributed by atoms with Gasteiger partial charge in [0.1, 0.15) is 0 Å². The van der Waals surface area contributed by atoms with Gasteiger partial charge in [-0.15, -0.1) is 0 Å². The number of aromatic nitrogens is 1. The summed E-state index contributed by atoms with van der Waals surface area (Å²) in [7, 11) is 0. The van der Waals surface area contributed by atoms with Gasteiger partial charge in [-0.2, -0.15) is 0 Å². The van der Waals surface area contributed by atoms with Crippen LogP contribution >= 0.6 is 23.2 Å². The van der Waals surface area contributed by atoms with Crippen LogP contribution in [0.5, 0.6) is 0 Å². The Morgan fingerprint density at radius 1 is 1.07 bits per heavy atom. The van der Waals surface area contributed by atoms with Crippen molar-refractivity contribution in [2.45, 2.75) is 0 Å². The minimum absolute atomic E-state index is 0.585. The number of nitrogen functional groups attached to an aromatic ring is 1. The molecular weight excluding hydrogens is 231 g/mol. The zero-order valence-corrected chi connectivity index (χ0v) is 9.26. The van der Waals surface area contributed by atoms with E-state index in [4.69, 9.17) is 28.9 Å². The molecule has 1 aromatic carbocycles. The van der Waals surface area contributed by atoms with Crippen molar-refractivity contribution in [2.24, 2.45) is 0 Å². The Morgan fingerprint density at radius 2 is 1.87 bits per heavy atom. The summed E-state index contributed by atoms with van der Waals surface area (Å²) in [4.78, 5) is 3.92. The number of hydrogen-bond donors (Lipinski definition) is 1. The fraction of sp³-hybridized carbons (Fsp3) is 0. The zero-order chi connectivity index (χ0) is 10.8. The van der Waals surface area contributed by atoms with Gasteiger partial charge in [-0.25, -0.2) is 0 Å². The average Bonchev–Trinajstić information content (AvgIpc) is 2.23. The monoisotopic (exact) mass is 238 g/mol. The molecule has 0 aliphatic carbocycles. The molecular formula is C11H8Cl2N2. The average molecular weight is 239 g/mol. The van der Waals surface area contributed by atoms with Crippen molar-refractivity contribution in [3.63, 3.8) is 0 Å². The maximum Gasteiger partial charge on any atom is 0.0580 e. The Hall–Kier alpha value is -1.25. The number of halogens is 2. The Labute approximate surface area is 97.7 Å². The summed E-state index contributed by atoms with van der Waals surface area (Å²) in [5.74, 6) is 0. The van der Waals surface area contributed by atoms with Crippen molar-refractivity contribution in [2.75, 3.05) is 5.73 Å². The Bertz CT molecular complexity index is 498. The molecule has 0 spiro atoms. The molecule has 0 atom stereocenters. The van der Waals surface area contributed by atoms with E-state index in [1.807, 2.05) is 6.07 Å². The molecule has 76 valence electrons. The minimum Gasteiger partial charge on any atom is -0.397 e. The van der Waals surface area contributed by atoms with Crippen LogP contribution in [0.1, 0.15) is 0 Å². The SMILES string of the molecule is Nc1cnccc1-c1cc(Cl)ccc1Cl. The molecule has 1 heterocycles. The summed E-state index contributed by atoms with van der Waals surface area (Å²) >= 11 is 12.0. The van der Waals surface area contributed by atoms with E-state index in [9.17, 15) is 0 Å². The first-order valence-corrected chi connectivity index (χ1v) is 5.09. The second-order valence-corrected chi connectivity index (χ2v) is 3.93. The largest absolute Gasteiger partial charge is 0.397 e. The molecule has 2 nitrogen and oxygen atoms in total. The van der Waals surface area contributed by atoms with Crippen LogP contribution in [0.25, 0.3) is 11.1 Å². The predicted molar refractivity (Wildman–Crippen MR) is 64.1 cm³/mol. The lowest BCUT2D eigenvalue weighted by Gasteiger charge is -2.07. The molecule has 0 amide bonds. The third-order valence-electron chi connectivity index (χ3n) is 2.07. The molecule has 1 aromatic heterocycles. The minimum atomic E-state index is 0.585. The maximum absolute atomic E-state index is 6.07. The van der Waals surface area contributed by atoms with Crippen molar-refractivity contribution in [3.8, 4) is 11.1 Å². The first-order chi connectivity index (χ1) is 7.18. The summed E-state index contributed by atoms with van der Waals surface area (Å²) in [6.45, 7) is 0. The first-order valence-electron chi connectivity index (χ1n) is 4.33. The topological polar surface area (TPSA) is 38.9 Å². The number of anilines is 1. The van der Waals surface area contributed by atoms with Crippen molar-refractivity contribution in [1.82, 2.24) is 4.98 Å². The van der Waals surface area contributed by atoms with Crippen LogP contribution in [0.3, 0.4) is 0 Å². The number of pyridine rings is 1. The number of hydrogen-bond acceptors (Lipinski definition) is 2. The molecule has 2 rings (SSSR count). The summed E-state index contributed by atoms with van der Waals surface area (Å²) < 4.78 is 0. The summed E-state index contributed by atoms with van der Waals surface area (Å²) in [6, 6.07) is 7.09. The molecule has 0 bridgehead atoms. The van der Waals surface area contributed by atoms with E-state index in [0.717, 1.165) is 11.1 Å². The molecule has 0 aliphatic heterocycles. The van der Waals surface area contributed by atoms with E-state index in [2.05, 4.69) is 4.98 Å². The second-order valence-electron chi connectivity index (χ2n) is 3.09. The number of benzene rings is 1. The molecule has 0 fully saturated rings. The highest BCUT2D eigenvalue weighted by Gasteiger charge is 2.07. The Kier molecular flexibility index (Phi) is 2.80. The lowest BCUT2D eigenvalue weighted by atomic mass is 10.1. The lowest BCUT2D eigenvalue weighted by Crippen LogP contribution is -1.91. The standard InChI is InChI=1S/C11H8Cl2N2/c12-7-1-2-10(13)9(5-7)8-3-4-15-6-11(8)14/h1-6H,14H2. The molecule has 0 aliphatic rings. The number of nitrogens with two attached hydrogens (primary N) is 1. The summed E-state index contributed by atoms with van der Waals surface area (Å²) in [6.07, 6.45) is 3.26. The van der Waals surface area contributed by atoms with E-state index in [-0.39, 0.29) is 0 Å². The lowest BCUT2D eigenvalue weighted by molar-refractivity contribution is 1.33. The van der Waals surface area contributed by atoms with Gasteiger partial charge in [-0.05, 0) is 24.3 Å². The highest BCUT2D eigenvalue weighted by atomic mass is 35.5. The molecule has 0 saturated heterocycles. The summed E-state index contributed by atoms with van der Waals surface area (Å²) in [5, 5.41) is 1.25. The molecule has 15 heavy (non-hydrogen) atoms. The van der Waals surface area contributed by atoms with E-state index < -0.39 is 0 Å². The molecule has 2 aromatic rings.